The Morgan fingerprint density at radius 1 is 1.15 bits per heavy atom. The number of ether oxygens (including phenoxy) is 4. The first-order chi connectivity index (χ1) is 13.0. The van der Waals surface area contributed by atoms with Gasteiger partial charge < -0.3 is 18.9 Å². The summed E-state index contributed by atoms with van der Waals surface area (Å²) in [5.74, 6) is 0.859. The molecule has 144 valence electrons. The lowest BCUT2D eigenvalue weighted by atomic mass is 9.96. The Labute approximate surface area is 160 Å². The minimum atomic E-state index is -0.424. The summed E-state index contributed by atoms with van der Waals surface area (Å²) in [6, 6.07) is 11.8. The quantitative estimate of drug-likeness (QED) is 0.371. The lowest BCUT2D eigenvalue weighted by Crippen LogP contribution is -2.12. The van der Waals surface area contributed by atoms with Crippen molar-refractivity contribution in [2.75, 3.05) is 20.8 Å². The molecule has 2 aromatic rings. The summed E-state index contributed by atoms with van der Waals surface area (Å²) in [7, 11) is 3.12. The van der Waals surface area contributed by atoms with Gasteiger partial charge in [0.25, 0.3) is 0 Å². The molecule has 0 N–H and O–H groups in total. The van der Waals surface area contributed by atoms with Crippen LogP contribution in [0.3, 0.4) is 0 Å². The van der Waals surface area contributed by atoms with E-state index < -0.39 is 5.97 Å². The molecule has 0 spiro atoms. The molecule has 0 heterocycles. The van der Waals surface area contributed by atoms with Gasteiger partial charge in [0.2, 0.25) is 0 Å². The fourth-order valence-corrected chi connectivity index (χ4v) is 2.87. The maximum atomic E-state index is 11.6. The van der Waals surface area contributed by atoms with Gasteiger partial charge in [-0.1, -0.05) is 36.4 Å². The van der Waals surface area contributed by atoms with Crippen LogP contribution in [0.2, 0.25) is 0 Å². The van der Waals surface area contributed by atoms with E-state index in [4.69, 9.17) is 18.9 Å². The van der Waals surface area contributed by atoms with Gasteiger partial charge in [0.15, 0.2) is 11.5 Å². The molecular weight excluding hydrogens is 344 g/mol. The van der Waals surface area contributed by atoms with E-state index in [1.165, 1.54) is 14.0 Å². The summed E-state index contributed by atoms with van der Waals surface area (Å²) >= 11 is 0. The van der Waals surface area contributed by atoms with Crippen LogP contribution >= 0.6 is 0 Å². The third-order valence-corrected chi connectivity index (χ3v) is 4.23. The highest BCUT2D eigenvalue weighted by atomic mass is 16.6. The SMILES string of the molecule is C=CC(COCc1ccccc1)c1cc(OC)c(C)c(OC)c1OC(C)=O. The van der Waals surface area contributed by atoms with Crippen molar-refractivity contribution in [3.05, 3.63) is 65.7 Å². The predicted molar refractivity (Wildman–Crippen MR) is 105 cm³/mol. The molecule has 0 radical (unpaired) electrons. The Morgan fingerprint density at radius 2 is 1.85 bits per heavy atom. The van der Waals surface area contributed by atoms with Crippen molar-refractivity contribution in [3.63, 3.8) is 0 Å². The van der Waals surface area contributed by atoms with Crippen LogP contribution in [0, 0.1) is 6.92 Å². The zero-order chi connectivity index (χ0) is 19.8. The van der Waals surface area contributed by atoms with Gasteiger partial charge in [0.05, 0.1) is 27.4 Å². The normalized spacial score (nSPS) is 11.6. The zero-order valence-corrected chi connectivity index (χ0v) is 16.3. The van der Waals surface area contributed by atoms with Crippen LogP contribution < -0.4 is 14.2 Å². The minimum absolute atomic E-state index is 0.202. The third-order valence-electron chi connectivity index (χ3n) is 4.23. The second-order valence-corrected chi connectivity index (χ2v) is 6.09. The van der Waals surface area contributed by atoms with E-state index in [0.29, 0.717) is 30.5 Å². The molecule has 0 aliphatic carbocycles. The van der Waals surface area contributed by atoms with Gasteiger partial charge >= 0.3 is 5.97 Å². The fourth-order valence-electron chi connectivity index (χ4n) is 2.87. The number of rotatable bonds is 9. The van der Waals surface area contributed by atoms with Crippen molar-refractivity contribution in [2.45, 2.75) is 26.4 Å². The van der Waals surface area contributed by atoms with Gasteiger partial charge in [0, 0.05) is 24.0 Å². The first kappa shape index (κ1) is 20.5. The first-order valence-electron chi connectivity index (χ1n) is 8.69. The van der Waals surface area contributed by atoms with Crippen LogP contribution in [0.15, 0.2) is 49.1 Å². The number of carbonyl (C=O) groups excluding carboxylic acids is 1. The summed E-state index contributed by atoms with van der Waals surface area (Å²) in [4.78, 5) is 11.6. The molecule has 2 aromatic carbocycles. The second kappa shape index (κ2) is 9.78. The molecule has 0 bridgehead atoms. The Kier molecular flexibility index (Phi) is 7.44. The van der Waals surface area contributed by atoms with Crippen LogP contribution in [-0.2, 0) is 16.1 Å². The molecule has 0 aliphatic rings. The molecule has 5 nitrogen and oxygen atoms in total. The van der Waals surface area contributed by atoms with E-state index in [2.05, 4.69) is 6.58 Å². The van der Waals surface area contributed by atoms with Gasteiger partial charge in [-0.2, -0.15) is 0 Å². The molecule has 2 rings (SSSR count). The van der Waals surface area contributed by atoms with Crippen LogP contribution in [0.5, 0.6) is 17.2 Å². The molecular formula is C22H26O5. The molecule has 0 aliphatic heterocycles. The van der Waals surface area contributed by atoms with Crippen molar-refractivity contribution in [3.8, 4) is 17.2 Å². The van der Waals surface area contributed by atoms with Crippen LogP contribution in [-0.4, -0.2) is 26.8 Å². The van der Waals surface area contributed by atoms with E-state index in [1.54, 1.807) is 13.2 Å². The maximum absolute atomic E-state index is 11.6. The second-order valence-electron chi connectivity index (χ2n) is 6.09. The van der Waals surface area contributed by atoms with Gasteiger partial charge in [-0.25, -0.2) is 0 Å². The Bertz CT molecular complexity index is 783. The van der Waals surface area contributed by atoms with Crippen molar-refractivity contribution < 1.29 is 23.7 Å². The van der Waals surface area contributed by atoms with Crippen molar-refractivity contribution in [1.82, 2.24) is 0 Å². The summed E-state index contributed by atoms with van der Waals surface area (Å²) in [5.41, 5.74) is 2.57. The molecule has 0 aromatic heterocycles. The fraction of sp³-hybridized carbons (Fsp3) is 0.318. The lowest BCUT2D eigenvalue weighted by molar-refractivity contribution is -0.132. The number of benzene rings is 2. The van der Waals surface area contributed by atoms with Gasteiger partial charge in [-0.05, 0) is 18.6 Å². The molecule has 0 fully saturated rings. The summed E-state index contributed by atoms with van der Waals surface area (Å²) in [5, 5.41) is 0. The maximum Gasteiger partial charge on any atom is 0.308 e. The molecule has 0 amide bonds. The number of esters is 1. The van der Waals surface area contributed by atoms with E-state index >= 15 is 0 Å². The largest absolute Gasteiger partial charge is 0.496 e. The summed E-state index contributed by atoms with van der Waals surface area (Å²) < 4.78 is 22.3. The highest BCUT2D eigenvalue weighted by Gasteiger charge is 2.24. The average molecular weight is 370 g/mol. The van der Waals surface area contributed by atoms with E-state index in [-0.39, 0.29) is 5.92 Å². The van der Waals surface area contributed by atoms with Gasteiger partial charge in [0.1, 0.15) is 5.75 Å². The van der Waals surface area contributed by atoms with Crippen molar-refractivity contribution >= 4 is 5.97 Å². The molecule has 0 saturated carbocycles. The van der Waals surface area contributed by atoms with Crippen molar-refractivity contribution in [2.24, 2.45) is 0 Å². The number of hydrogen-bond donors (Lipinski definition) is 0. The standard InChI is InChI=1S/C22H26O5/c1-6-18(14-26-13-17-10-8-7-9-11-17)19-12-20(24-4)15(2)21(25-5)22(19)27-16(3)23/h6-12,18H,1,13-14H2,2-5H3. The Hall–Kier alpha value is -2.79. The number of methoxy groups -OCH3 is 2. The smallest absolute Gasteiger partial charge is 0.308 e. The Balaban J connectivity index is 2.33. The minimum Gasteiger partial charge on any atom is -0.496 e. The van der Waals surface area contributed by atoms with E-state index in [9.17, 15) is 4.79 Å². The lowest BCUT2D eigenvalue weighted by Gasteiger charge is -2.22. The van der Waals surface area contributed by atoms with Crippen LogP contribution in [0.1, 0.15) is 29.5 Å². The number of hydrogen-bond acceptors (Lipinski definition) is 5. The molecule has 27 heavy (non-hydrogen) atoms. The highest BCUT2D eigenvalue weighted by molar-refractivity contribution is 5.73. The topological polar surface area (TPSA) is 54.0 Å². The van der Waals surface area contributed by atoms with E-state index in [0.717, 1.165) is 16.7 Å². The van der Waals surface area contributed by atoms with Gasteiger partial charge in [-0.3, -0.25) is 4.79 Å². The highest BCUT2D eigenvalue weighted by Crippen LogP contribution is 2.43. The first-order valence-corrected chi connectivity index (χ1v) is 8.69. The van der Waals surface area contributed by atoms with Gasteiger partial charge in [-0.15, -0.1) is 6.58 Å². The molecule has 1 unspecified atom stereocenters. The molecule has 5 heteroatoms. The van der Waals surface area contributed by atoms with Crippen LogP contribution in [0.25, 0.3) is 0 Å². The monoisotopic (exact) mass is 370 g/mol. The predicted octanol–water partition coefficient (Wildman–Crippen LogP) is 4.42. The average Bonchev–Trinajstić information content (AvgIpc) is 2.67. The third kappa shape index (κ3) is 5.11. The Morgan fingerprint density at radius 3 is 2.41 bits per heavy atom. The van der Waals surface area contributed by atoms with E-state index in [1.807, 2.05) is 43.3 Å². The molecule has 0 saturated heterocycles. The molecule has 1 atom stereocenters. The van der Waals surface area contributed by atoms with Crippen molar-refractivity contribution in [1.29, 1.82) is 0 Å². The summed E-state index contributed by atoms with van der Waals surface area (Å²) in [6.07, 6.45) is 1.77. The summed E-state index contributed by atoms with van der Waals surface area (Å²) in [6.45, 7) is 7.98. The number of carbonyl (C=O) groups is 1. The zero-order valence-electron chi connectivity index (χ0n) is 16.3. The van der Waals surface area contributed by atoms with Crippen LogP contribution in [0.4, 0.5) is 0 Å².